The van der Waals surface area contributed by atoms with Gasteiger partial charge >= 0.3 is 0 Å². The lowest BCUT2D eigenvalue weighted by Gasteiger charge is -2.36. The van der Waals surface area contributed by atoms with Gasteiger partial charge in [0.25, 0.3) is 0 Å². The molecule has 1 nitrogen and oxygen atoms in total. The fourth-order valence-corrected chi connectivity index (χ4v) is 10.3. The standard InChI is InChI=1S/C58H43N/c1-57(2)52-31-13-9-28-48(52)51-36-35-46(39-55(51)57)59(56-34-16-12-27-47(56)41-21-7-4-8-22-41)45-26-18-25-44(38-45)58(43-24-17-23-42(37-43)40-19-5-3-6-20-40)53-32-14-10-29-49(53)50-30-11-15-33-54(50)58/h3-39H,1-2H3. The van der Waals surface area contributed by atoms with Crippen molar-refractivity contribution in [3.05, 3.63) is 258 Å². The van der Waals surface area contributed by atoms with Crippen LogP contribution < -0.4 is 4.90 Å². The van der Waals surface area contributed by atoms with Gasteiger partial charge in [0.15, 0.2) is 0 Å². The van der Waals surface area contributed by atoms with E-state index in [1.807, 2.05) is 0 Å². The summed E-state index contributed by atoms with van der Waals surface area (Å²) < 4.78 is 0. The molecule has 2 aliphatic rings. The molecule has 9 aromatic rings. The summed E-state index contributed by atoms with van der Waals surface area (Å²) >= 11 is 0. The third kappa shape index (κ3) is 5.39. The minimum absolute atomic E-state index is 0.139. The molecule has 0 atom stereocenters. The van der Waals surface area contributed by atoms with Gasteiger partial charge in [-0.15, -0.1) is 0 Å². The first-order chi connectivity index (χ1) is 29.0. The van der Waals surface area contributed by atoms with Gasteiger partial charge in [0, 0.05) is 22.4 Å². The minimum atomic E-state index is -0.569. The van der Waals surface area contributed by atoms with Crippen molar-refractivity contribution in [3.8, 4) is 44.5 Å². The van der Waals surface area contributed by atoms with Gasteiger partial charge in [-0.1, -0.05) is 202 Å². The first-order valence-electron chi connectivity index (χ1n) is 20.7. The summed E-state index contributed by atoms with van der Waals surface area (Å²) in [6.45, 7) is 4.74. The molecule has 0 bridgehead atoms. The van der Waals surface area contributed by atoms with E-state index in [-0.39, 0.29) is 5.41 Å². The lowest BCUT2D eigenvalue weighted by Crippen LogP contribution is -2.29. The molecule has 0 saturated heterocycles. The summed E-state index contributed by atoms with van der Waals surface area (Å²) in [4.78, 5) is 2.49. The third-order valence-electron chi connectivity index (χ3n) is 12.9. The monoisotopic (exact) mass is 753 g/mol. The zero-order valence-electron chi connectivity index (χ0n) is 33.3. The van der Waals surface area contributed by atoms with Crippen LogP contribution in [0, 0.1) is 0 Å². The van der Waals surface area contributed by atoms with Crippen molar-refractivity contribution >= 4 is 17.1 Å². The molecule has 0 heterocycles. The van der Waals surface area contributed by atoms with Crippen LogP contribution in [0.15, 0.2) is 224 Å². The predicted octanol–water partition coefficient (Wildman–Crippen LogP) is 15.2. The van der Waals surface area contributed by atoms with Crippen LogP contribution >= 0.6 is 0 Å². The third-order valence-corrected chi connectivity index (χ3v) is 12.9. The Kier molecular flexibility index (Phi) is 8.13. The molecule has 0 aliphatic heterocycles. The summed E-state index contributed by atoms with van der Waals surface area (Å²) in [7, 11) is 0. The topological polar surface area (TPSA) is 3.24 Å². The number of anilines is 3. The van der Waals surface area contributed by atoms with Crippen molar-refractivity contribution in [2.75, 3.05) is 4.90 Å². The lowest BCUT2D eigenvalue weighted by atomic mass is 9.67. The number of nitrogens with zero attached hydrogens (tertiary/aromatic N) is 1. The maximum Gasteiger partial charge on any atom is 0.0714 e. The molecule has 0 aromatic heterocycles. The second kappa shape index (κ2) is 13.7. The first-order valence-corrected chi connectivity index (χ1v) is 20.7. The molecule has 0 radical (unpaired) electrons. The Morgan fingerprint density at radius 2 is 0.780 bits per heavy atom. The van der Waals surface area contributed by atoms with Crippen molar-refractivity contribution < 1.29 is 0 Å². The van der Waals surface area contributed by atoms with Gasteiger partial charge in [0.2, 0.25) is 0 Å². The van der Waals surface area contributed by atoms with Gasteiger partial charge in [-0.25, -0.2) is 0 Å². The Hall–Kier alpha value is -7.22. The highest BCUT2D eigenvalue weighted by molar-refractivity contribution is 5.92. The van der Waals surface area contributed by atoms with Crippen LogP contribution in [0.4, 0.5) is 17.1 Å². The summed E-state index contributed by atoms with van der Waals surface area (Å²) in [5, 5.41) is 0. The summed E-state index contributed by atoms with van der Waals surface area (Å²) in [6.07, 6.45) is 0. The predicted molar refractivity (Wildman–Crippen MR) is 247 cm³/mol. The summed E-state index contributed by atoms with van der Waals surface area (Å²) in [6, 6.07) is 83.1. The van der Waals surface area contributed by atoms with Crippen molar-refractivity contribution in [2.24, 2.45) is 0 Å². The number of rotatable bonds is 7. The molecule has 0 saturated carbocycles. The molecule has 59 heavy (non-hydrogen) atoms. The molecule has 0 amide bonds. The quantitative estimate of drug-likeness (QED) is 0.157. The van der Waals surface area contributed by atoms with Crippen LogP contribution in [0.3, 0.4) is 0 Å². The number of para-hydroxylation sites is 1. The van der Waals surface area contributed by atoms with Crippen molar-refractivity contribution in [2.45, 2.75) is 24.7 Å². The van der Waals surface area contributed by atoms with Crippen molar-refractivity contribution in [3.63, 3.8) is 0 Å². The maximum atomic E-state index is 2.49. The van der Waals surface area contributed by atoms with Crippen LogP contribution in [0.5, 0.6) is 0 Å². The van der Waals surface area contributed by atoms with E-state index in [4.69, 9.17) is 0 Å². The van der Waals surface area contributed by atoms with Crippen LogP contribution in [0.2, 0.25) is 0 Å². The normalized spacial score (nSPS) is 13.9. The number of benzene rings is 9. The van der Waals surface area contributed by atoms with Gasteiger partial charge in [0.05, 0.1) is 11.1 Å². The zero-order chi connectivity index (χ0) is 39.6. The Bertz CT molecular complexity index is 2980. The largest absolute Gasteiger partial charge is 0.310 e. The van der Waals surface area contributed by atoms with Gasteiger partial charge in [0.1, 0.15) is 0 Å². The van der Waals surface area contributed by atoms with E-state index >= 15 is 0 Å². The highest BCUT2D eigenvalue weighted by Gasteiger charge is 2.46. The zero-order valence-corrected chi connectivity index (χ0v) is 33.3. The van der Waals surface area contributed by atoms with Gasteiger partial charge in [-0.2, -0.15) is 0 Å². The van der Waals surface area contributed by atoms with Gasteiger partial charge in [-0.05, 0) is 109 Å². The van der Waals surface area contributed by atoms with Crippen LogP contribution in [-0.4, -0.2) is 0 Å². The molecular weight excluding hydrogens is 711 g/mol. The molecule has 0 N–H and O–H groups in total. The van der Waals surface area contributed by atoms with Gasteiger partial charge in [-0.3, -0.25) is 0 Å². The number of hydrogen-bond acceptors (Lipinski definition) is 1. The Labute approximate surface area is 347 Å². The van der Waals surface area contributed by atoms with Crippen LogP contribution in [0.1, 0.15) is 47.2 Å². The van der Waals surface area contributed by atoms with E-state index in [0.29, 0.717) is 0 Å². The first kappa shape index (κ1) is 35.0. The SMILES string of the molecule is CC1(C)c2ccccc2-c2ccc(N(c3cccc(C4(c5cccc(-c6ccccc6)c5)c5ccccc5-c5ccccc54)c3)c3ccccc3-c3ccccc3)cc21. The highest BCUT2D eigenvalue weighted by Crippen LogP contribution is 2.57. The summed E-state index contributed by atoms with van der Waals surface area (Å²) in [5.41, 5.74) is 20.5. The fourth-order valence-electron chi connectivity index (χ4n) is 10.3. The van der Waals surface area contributed by atoms with E-state index in [1.54, 1.807) is 0 Å². The number of hydrogen-bond donors (Lipinski definition) is 0. The highest BCUT2D eigenvalue weighted by atomic mass is 15.1. The van der Waals surface area contributed by atoms with E-state index in [2.05, 4.69) is 243 Å². The summed E-state index contributed by atoms with van der Waals surface area (Å²) in [5.74, 6) is 0. The van der Waals surface area contributed by atoms with E-state index < -0.39 is 5.41 Å². The molecule has 2 aliphatic carbocycles. The Balaban J connectivity index is 1.18. The van der Waals surface area contributed by atoms with Gasteiger partial charge < -0.3 is 4.90 Å². The minimum Gasteiger partial charge on any atom is -0.310 e. The molecular formula is C58H43N. The van der Waals surface area contributed by atoms with E-state index in [1.165, 1.54) is 77.9 Å². The molecule has 0 spiro atoms. The molecule has 11 rings (SSSR count). The van der Waals surface area contributed by atoms with E-state index in [9.17, 15) is 0 Å². The molecule has 0 unspecified atom stereocenters. The second-order valence-electron chi connectivity index (χ2n) is 16.5. The molecule has 9 aromatic carbocycles. The maximum absolute atomic E-state index is 2.49. The van der Waals surface area contributed by atoms with Crippen molar-refractivity contribution in [1.29, 1.82) is 0 Å². The average molecular weight is 754 g/mol. The Morgan fingerprint density at radius 3 is 1.46 bits per heavy atom. The van der Waals surface area contributed by atoms with E-state index in [0.717, 1.165) is 17.1 Å². The molecule has 280 valence electrons. The number of fused-ring (bicyclic) bond motifs is 6. The smallest absolute Gasteiger partial charge is 0.0714 e. The second-order valence-corrected chi connectivity index (χ2v) is 16.5. The van der Waals surface area contributed by atoms with Crippen LogP contribution in [-0.2, 0) is 10.8 Å². The van der Waals surface area contributed by atoms with Crippen LogP contribution in [0.25, 0.3) is 44.5 Å². The van der Waals surface area contributed by atoms with Crippen molar-refractivity contribution in [1.82, 2.24) is 0 Å². The Morgan fingerprint density at radius 1 is 0.305 bits per heavy atom. The fraction of sp³-hybridized carbons (Fsp3) is 0.0690. The average Bonchev–Trinajstić information content (AvgIpc) is 3.73. The molecule has 0 fully saturated rings. The lowest BCUT2D eigenvalue weighted by molar-refractivity contribution is 0.660. The molecule has 1 heteroatoms.